The van der Waals surface area contributed by atoms with Gasteiger partial charge < -0.3 is 0 Å². The molecule has 1 saturated carbocycles. The summed E-state index contributed by atoms with van der Waals surface area (Å²) in [4.78, 5) is 0. The van der Waals surface area contributed by atoms with Crippen LogP contribution in [0.3, 0.4) is 0 Å². The van der Waals surface area contributed by atoms with Crippen molar-refractivity contribution >= 4 is 34.8 Å². The summed E-state index contributed by atoms with van der Waals surface area (Å²) >= 11 is 18.2. The van der Waals surface area contributed by atoms with Crippen molar-refractivity contribution in [3.63, 3.8) is 0 Å². The van der Waals surface area contributed by atoms with Gasteiger partial charge in [-0.1, -0.05) is 42.1 Å². The molecule has 0 spiro atoms. The lowest BCUT2D eigenvalue weighted by Crippen LogP contribution is -2.24. The van der Waals surface area contributed by atoms with Gasteiger partial charge in [-0.25, -0.2) is 0 Å². The molecule has 1 aliphatic rings. The zero-order valence-corrected chi connectivity index (χ0v) is 10.7. The van der Waals surface area contributed by atoms with Gasteiger partial charge in [-0.15, -0.1) is 11.6 Å². The Bertz CT molecular complexity index is 354. The maximum atomic E-state index is 6.23. The molecule has 0 unspecified atom stereocenters. The number of alkyl halides is 1. The molecule has 1 aliphatic carbocycles. The van der Waals surface area contributed by atoms with Crippen molar-refractivity contribution in [1.82, 2.24) is 0 Å². The Morgan fingerprint density at radius 1 is 1.13 bits per heavy atom. The van der Waals surface area contributed by atoms with Crippen LogP contribution in [0.25, 0.3) is 0 Å². The average Bonchev–Trinajstić information content (AvgIpc) is 2.67. The van der Waals surface area contributed by atoms with Gasteiger partial charge in [0.15, 0.2) is 0 Å². The average molecular weight is 264 g/mol. The minimum absolute atomic E-state index is 0.0865. The van der Waals surface area contributed by atoms with Crippen molar-refractivity contribution in [2.75, 3.05) is 5.88 Å². The van der Waals surface area contributed by atoms with Crippen molar-refractivity contribution < 1.29 is 0 Å². The van der Waals surface area contributed by atoms with E-state index < -0.39 is 0 Å². The van der Waals surface area contributed by atoms with Crippen LogP contribution in [0.15, 0.2) is 18.2 Å². The molecule has 82 valence electrons. The first kappa shape index (κ1) is 11.6. The van der Waals surface area contributed by atoms with Crippen molar-refractivity contribution in [3.05, 3.63) is 33.8 Å². The van der Waals surface area contributed by atoms with E-state index >= 15 is 0 Å². The number of halogens is 3. The molecule has 1 aromatic carbocycles. The summed E-state index contributed by atoms with van der Waals surface area (Å²) in [5, 5.41) is 1.44. The van der Waals surface area contributed by atoms with E-state index in [4.69, 9.17) is 34.8 Å². The summed E-state index contributed by atoms with van der Waals surface area (Å²) in [6, 6.07) is 5.73. The Labute approximate surface area is 106 Å². The van der Waals surface area contributed by atoms with E-state index in [0.29, 0.717) is 10.9 Å². The van der Waals surface area contributed by atoms with E-state index in [1.807, 2.05) is 18.2 Å². The topological polar surface area (TPSA) is 0 Å². The highest BCUT2D eigenvalue weighted by molar-refractivity contribution is 6.35. The number of hydrogen-bond acceptors (Lipinski definition) is 0. The van der Waals surface area contributed by atoms with Gasteiger partial charge in [0.2, 0.25) is 0 Å². The maximum absolute atomic E-state index is 6.23. The van der Waals surface area contributed by atoms with Crippen LogP contribution in [-0.2, 0) is 5.41 Å². The normalized spacial score (nSPS) is 19.4. The van der Waals surface area contributed by atoms with Gasteiger partial charge in [0, 0.05) is 21.3 Å². The predicted molar refractivity (Wildman–Crippen MR) is 67.3 cm³/mol. The van der Waals surface area contributed by atoms with Gasteiger partial charge in [0.25, 0.3) is 0 Å². The number of hydrogen-bond donors (Lipinski definition) is 0. The SMILES string of the molecule is ClCC1(c2ccc(Cl)cc2Cl)CCCC1. The summed E-state index contributed by atoms with van der Waals surface area (Å²) in [5.74, 6) is 0.647. The second-order valence-electron chi connectivity index (χ2n) is 4.25. The van der Waals surface area contributed by atoms with Gasteiger partial charge in [-0.05, 0) is 30.5 Å². The molecule has 0 bridgehead atoms. The standard InChI is InChI=1S/C12H13Cl3/c13-8-12(5-1-2-6-12)10-4-3-9(14)7-11(10)15/h3-4,7H,1-2,5-6,8H2. The predicted octanol–water partition coefficient (Wildman–Crippen LogP) is 5.04. The first-order valence-corrected chi connectivity index (χ1v) is 6.48. The van der Waals surface area contributed by atoms with Crippen LogP contribution in [0.4, 0.5) is 0 Å². The van der Waals surface area contributed by atoms with Crippen molar-refractivity contribution in [2.24, 2.45) is 0 Å². The van der Waals surface area contributed by atoms with E-state index in [9.17, 15) is 0 Å². The molecule has 3 heteroatoms. The smallest absolute Gasteiger partial charge is 0.0458 e. The third-order valence-electron chi connectivity index (χ3n) is 3.32. The van der Waals surface area contributed by atoms with Crippen LogP contribution < -0.4 is 0 Å². The fraction of sp³-hybridized carbons (Fsp3) is 0.500. The molecular formula is C12H13Cl3. The highest BCUT2D eigenvalue weighted by Gasteiger charge is 2.36. The van der Waals surface area contributed by atoms with E-state index in [1.165, 1.54) is 18.4 Å². The van der Waals surface area contributed by atoms with Crippen LogP contribution >= 0.6 is 34.8 Å². The highest BCUT2D eigenvalue weighted by Crippen LogP contribution is 2.45. The molecule has 1 fully saturated rings. The van der Waals surface area contributed by atoms with E-state index in [2.05, 4.69) is 0 Å². The lowest BCUT2D eigenvalue weighted by atomic mass is 9.81. The van der Waals surface area contributed by atoms with Crippen LogP contribution in [-0.4, -0.2) is 5.88 Å². The number of benzene rings is 1. The molecule has 0 amide bonds. The summed E-state index contributed by atoms with van der Waals surface area (Å²) in [6.07, 6.45) is 4.76. The minimum Gasteiger partial charge on any atom is -0.126 e. The zero-order chi connectivity index (χ0) is 10.9. The molecule has 0 aliphatic heterocycles. The number of rotatable bonds is 2. The molecule has 1 aromatic rings. The Morgan fingerprint density at radius 2 is 1.80 bits per heavy atom. The molecular weight excluding hydrogens is 250 g/mol. The van der Waals surface area contributed by atoms with Crippen molar-refractivity contribution in [2.45, 2.75) is 31.1 Å². The van der Waals surface area contributed by atoms with Gasteiger partial charge in [-0.3, -0.25) is 0 Å². The van der Waals surface area contributed by atoms with Crippen LogP contribution in [0.5, 0.6) is 0 Å². The molecule has 0 heterocycles. The van der Waals surface area contributed by atoms with Gasteiger partial charge in [0.1, 0.15) is 0 Å². The van der Waals surface area contributed by atoms with Crippen molar-refractivity contribution in [3.8, 4) is 0 Å². The van der Waals surface area contributed by atoms with Gasteiger partial charge >= 0.3 is 0 Å². The molecule has 0 radical (unpaired) electrons. The molecule has 0 atom stereocenters. The molecule has 0 nitrogen and oxygen atoms in total. The van der Waals surface area contributed by atoms with Crippen molar-refractivity contribution in [1.29, 1.82) is 0 Å². The van der Waals surface area contributed by atoms with Crippen LogP contribution in [0, 0.1) is 0 Å². The summed E-state index contributed by atoms with van der Waals surface area (Å²) in [6.45, 7) is 0. The van der Waals surface area contributed by atoms with Crippen LogP contribution in [0.2, 0.25) is 10.0 Å². The monoisotopic (exact) mass is 262 g/mol. The zero-order valence-electron chi connectivity index (χ0n) is 8.40. The Hall–Kier alpha value is 0.0900. The maximum Gasteiger partial charge on any atom is 0.0458 e. The van der Waals surface area contributed by atoms with Gasteiger partial charge in [0.05, 0.1) is 0 Å². The second-order valence-corrected chi connectivity index (χ2v) is 5.36. The molecule has 2 rings (SSSR count). The third kappa shape index (κ3) is 2.13. The molecule has 0 saturated heterocycles. The fourth-order valence-electron chi connectivity index (χ4n) is 2.45. The van der Waals surface area contributed by atoms with E-state index in [-0.39, 0.29) is 5.41 Å². The minimum atomic E-state index is 0.0865. The summed E-state index contributed by atoms with van der Waals surface area (Å²) < 4.78 is 0. The lowest BCUT2D eigenvalue weighted by molar-refractivity contribution is 0.498. The lowest BCUT2D eigenvalue weighted by Gasteiger charge is -2.28. The molecule has 15 heavy (non-hydrogen) atoms. The van der Waals surface area contributed by atoms with Crippen LogP contribution in [0.1, 0.15) is 31.2 Å². The summed E-state index contributed by atoms with van der Waals surface area (Å²) in [7, 11) is 0. The first-order valence-electron chi connectivity index (χ1n) is 5.19. The fourth-order valence-corrected chi connectivity index (χ4v) is 3.47. The highest BCUT2D eigenvalue weighted by atomic mass is 35.5. The second kappa shape index (κ2) is 4.53. The molecule has 0 aromatic heterocycles. The molecule has 0 N–H and O–H groups in total. The Morgan fingerprint density at radius 3 is 2.33 bits per heavy atom. The summed E-state index contributed by atoms with van der Waals surface area (Å²) in [5.41, 5.74) is 1.25. The Balaban J connectivity index is 2.42. The Kier molecular flexibility index (Phi) is 3.49. The first-order chi connectivity index (χ1) is 7.18. The van der Waals surface area contributed by atoms with E-state index in [1.54, 1.807) is 0 Å². The largest absolute Gasteiger partial charge is 0.126 e. The van der Waals surface area contributed by atoms with E-state index in [0.717, 1.165) is 17.9 Å². The third-order valence-corrected chi connectivity index (χ3v) is 4.38. The van der Waals surface area contributed by atoms with Gasteiger partial charge in [-0.2, -0.15) is 0 Å². The quantitative estimate of drug-likeness (QED) is 0.656.